The number of ether oxygens (including phenoxy) is 1. The van der Waals surface area contributed by atoms with E-state index in [2.05, 4.69) is 41.2 Å². The zero-order chi connectivity index (χ0) is 20.8. The van der Waals surface area contributed by atoms with Crippen molar-refractivity contribution in [1.82, 2.24) is 4.81 Å². The third kappa shape index (κ3) is 5.72. The van der Waals surface area contributed by atoms with Crippen LogP contribution >= 0.6 is 11.8 Å². The molecule has 1 heterocycles. The lowest BCUT2D eigenvalue weighted by Gasteiger charge is -2.42. The van der Waals surface area contributed by atoms with Gasteiger partial charge < -0.3 is 24.4 Å². The van der Waals surface area contributed by atoms with Crippen molar-refractivity contribution in [3.05, 3.63) is 54.1 Å². The summed E-state index contributed by atoms with van der Waals surface area (Å²) in [5.74, 6) is 1.69. The fourth-order valence-corrected chi connectivity index (χ4v) is 4.92. The van der Waals surface area contributed by atoms with Crippen molar-refractivity contribution < 1.29 is 14.8 Å². The van der Waals surface area contributed by atoms with Crippen molar-refractivity contribution in [1.29, 1.82) is 0 Å². The molecule has 0 saturated carbocycles. The number of nitrogens with zero attached hydrogens (tertiary/aromatic N) is 2. The second kappa shape index (κ2) is 10.4. The monoisotopic (exact) mass is 412 g/mol. The zero-order valence-corrected chi connectivity index (χ0v) is 18.3. The van der Waals surface area contributed by atoms with Crippen LogP contribution in [0.3, 0.4) is 0 Å². The van der Waals surface area contributed by atoms with Crippen molar-refractivity contribution in [3.8, 4) is 5.75 Å². The van der Waals surface area contributed by atoms with Crippen molar-refractivity contribution in [2.45, 2.75) is 43.2 Å². The van der Waals surface area contributed by atoms with Crippen LogP contribution in [-0.4, -0.2) is 55.2 Å². The number of rotatable bonds is 8. The second-order valence-electron chi connectivity index (χ2n) is 7.57. The SMILES string of the molecule is COc1cc(N(B(C)O)[C@@H]2CCCN(B(C)O)C2)ccc1SCc1ccccc1. The molecule has 2 N–H and O–H groups in total. The Kier molecular flexibility index (Phi) is 7.95. The molecule has 8 heteroatoms. The van der Waals surface area contributed by atoms with Gasteiger partial charge in [-0.05, 0) is 50.7 Å². The van der Waals surface area contributed by atoms with Crippen LogP contribution in [0.15, 0.2) is 53.4 Å². The average Bonchev–Trinajstić information content (AvgIpc) is 2.73. The predicted octanol–water partition coefficient (Wildman–Crippen LogP) is 3.48. The maximum atomic E-state index is 10.5. The molecule has 1 fully saturated rings. The first-order chi connectivity index (χ1) is 14.0. The molecule has 1 saturated heterocycles. The molecule has 0 aliphatic carbocycles. The van der Waals surface area contributed by atoms with Crippen LogP contribution in [0.4, 0.5) is 5.69 Å². The van der Waals surface area contributed by atoms with Crippen LogP contribution in [0, 0.1) is 0 Å². The molecule has 1 atom stereocenters. The van der Waals surface area contributed by atoms with Crippen LogP contribution in [0.5, 0.6) is 5.75 Å². The van der Waals surface area contributed by atoms with Crippen LogP contribution in [0.1, 0.15) is 18.4 Å². The Balaban J connectivity index is 1.78. The minimum atomic E-state index is -0.624. The summed E-state index contributed by atoms with van der Waals surface area (Å²) in [4.78, 5) is 5.19. The maximum Gasteiger partial charge on any atom is 0.409 e. The summed E-state index contributed by atoms with van der Waals surface area (Å²) in [6.45, 7) is 5.22. The first-order valence-electron chi connectivity index (χ1n) is 10.2. The number of piperidine rings is 1. The quantitative estimate of drug-likeness (QED) is 0.512. The molecule has 1 aliphatic rings. The fraction of sp³-hybridized carbons (Fsp3) is 0.429. The van der Waals surface area contributed by atoms with E-state index in [0.29, 0.717) is 0 Å². The molecule has 0 unspecified atom stereocenters. The van der Waals surface area contributed by atoms with Gasteiger partial charge in [-0.1, -0.05) is 30.3 Å². The standard InChI is InChI=1S/C21H30B2N2O3S/c1-22(26)24-13-7-10-19(15-24)25(23(2)27)18-11-12-21(20(14-18)28-3)29-16-17-8-5-4-6-9-17/h4-6,8-9,11-12,14,19,26-27H,7,10,13,15-16H2,1-3H3/t19-/m1/s1. The predicted molar refractivity (Wildman–Crippen MR) is 124 cm³/mol. The molecular weight excluding hydrogens is 382 g/mol. The van der Waals surface area contributed by atoms with Gasteiger partial charge in [0.05, 0.1) is 7.11 Å². The zero-order valence-electron chi connectivity index (χ0n) is 17.5. The maximum absolute atomic E-state index is 10.5. The van der Waals surface area contributed by atoms with Gasteiger partial charge in [0.25, 0.3) is 0 Å². The number of thioether (sulfide) groups is 1. The Labute approximate surface area is 179 Å². The van der Waals surface area contributed by atoms with E-state index < -0.39 is 14.1 Å². The van der Waals surface area contributed by atoms with Crippen molar-refractivity contribution in [2.24, 2.45) is 0 Å². The molecule has 0 aromatic heterocycles. The molecule has 0 spiro atoms. The smallest absolute Gasteiger partial charge is 0.409 e. The molecule has 0 bridgehead atoms. The van der Waals surface area contributed by atoms with Gasteiger partial charge in [0.2, 0.25) is 0 Å². The lowest BCUT2D eigenvalue weighted by atomic mass is 9.77. The highest BCUT2D eigenvalue weighted by atomic mass is 32.2. The largest absolute Gasteiger partial charge is 0.496 e. The lowest BCUT2D eigenvalue weighted by molar-refractivity contribution is 0.284. The summed E-state index contributed by atoms with van der Waals surface area (Å²) in [5, 5.41) is 20.5. The molecule has 29 heavy (non-hydrogen) atoms. The Morgan fingerprint density at radius 1 is 1.17 bits per heavy atom. The number of benzene rings is 2. The summed E-state index contributed by atoms with van der Waals surface area (Å²) in [6.07, 6.45) is 1.99. The van der Waals surface area contributed by atoms with Gasteiger partial charge in [-0.3, -0.25) is 0 Å². The van der Waals surface area contributed by atoms with E-state index >= 15 is 0 Å². The molecule has 1 aliphatic heterocycles. The Morgan fingerprint density at radius 2 is 1.93 bits per heavy atom. The molecule has 2 aromatic rings. The Morgan fingerprint density at radius 3 is 2.59 bits per heavy atom. The van der Waals surface area contributed by atoms with E-state index in [1.807, 2.05) is 16.9 Å². The number of hydrogen-bond donors (Lipinski definition) is 2. The van der Waals surface area contributed by atoms with Gasteiger partial charge >= 0.3 is 14.1 Å². The van der Waals surface area contributed by atoms with Crippen LogP contribution in [0.25, 0.3) is 0 Å². The third-order valence-corrected chi connectivity index (χ3v) is 6.56. The summed E-state index contributed by atoms with van der Waals surface area (Å²) < 4.78 is 5.67. The van der Waals surface area contributed by atoms with E-state index in [9.17, 15) is 10.0 Å². The van der Waals surface area contributed by atoms with Crippen LogP contribution in [0.2, 0.25) is 13.6 Å². The van der Waals surface area contributed by atoms with E-state index in [1.165, 1.54) is 5.56 Å². The summed E-state index contributed by atoms with van der Waals surface area (Å²) in [6, 6.07) is 16.7. The molecule has 2 aromatic carbocycles. The average molecular weight is 412 g/mol. The highest BCUT2D eigenvalue weighted by molar-refractivity contribution is 7.98. The first-order valence-corrected chi connectivity index (χ1v) is 11.2. The van der Waals surface area contributed by atoms with Gasteiger partial charge in [-0.2, -0.15) is 0 Å². The van der Waals surface area contributed by atoms with Gasteiger partial charge in [0.15, 0.2) is 0 Å². The van der Waals surface area contributed by atoms with Crippen molar-refractivity contribution in [3.63, 3.8) is 0 Å². The van der Waals surface area contributed by atoms with E-state index in [4.69, 9.17) is 4.74 Å². The highest BCUT2D eigenvalue weighted by Crippen LogP contribution is 2.36. The van der Waals surface area contributed by atoms with Crippen molar-refractivity contribution >= 4 is 31.6 Å². The normalized spacial score (nSPS) is 17.1. The third-order valence-electron chi connectivity index (χ3n) is 5.43. The summed E-state index contributed by atoms with van der Waals surface area (Å²) in [7, 11) is 0.593. The van der Waals surface area contributed by atoms with E-state index in [1.54, 1.807) is 32.5 Å². The molecule has 154 valence electrons. The minimum absolute atomic E-state index is 0.144. The molecule has 0 amide bonds. The summed E-state index contributed by atoms with van der Waals surface area (Å²) >= 11 is 1.75. The lowest BCUT2D eigenvalue weighted by Crippen LogP contribution is -2.55. The van der Waals surface area contributed by atoms with Gasteiger partial charge in [-0.25, -0.2) is 0 Å². The Bertz CT molecular complexity index is 780. The second-order valence-corrected chi connectivity index (χ2v) is 8.59. The number of hydrogen-bond acceptors (Lipinski definition) is 6. The van der Waals surface area contributed by atoms with Crippen molar-refractivity contribution in [2.75, 3.05) is 25.0 Å². The number of anilines is 1. The fourth-order valence-electron chi connectivity index (χ4n) is 3.95. The topological polar surface area (TPSA) is 56.2 Å². The molecule has 0 radical (unpaired) electrons. The van der Waals surface area contributed by atoms with Crippen LogP contribution in [-0.2, 0) is 5.75 Å². The van der Waals surface area contributed by atoms with Gasteiger partial charge in [0.1, 0.15) is 5.75 Å². The highest BCUT2D eigenvalue weighted by Gasteiger charge is 2.32. The van der Waals surface area contributed by atoms with Gasteiger partial charge in [-0.15, -0.1) is 11.8 Å². The Hall–Kier alpha value is -1.60. The molecule has 5 nitrogen and oxygen atoms in total. The molecular formula is C21H30B2N2O3S. The first kappa shape index (κ1) is 22.1. The molecule has 3 rings (SSSR count). The van der Waals surface area contributed by atoms with Crippen LogP contribution < -0.4 is 9.55 Å². The summed E-state index contributed by atoms with van der Waals surface area (Å²) in [5.41, 5.74) is 2.22. The number of methoxy groups -OCH3 is 1. The van der Waals surface area contributed by atoms with Gasteiger partial charge in [0, 0.05) is 35.0 Å². The van der Waals surface area contributed by atoms with E-state index in [0.717, 1.165) is 48.0 Å². The minimum Gasteiger partial charge on any atom is -0.496 e. The van der Waals surface area contributed by atoms with E-state index in [-0.39, 0.29) is 6.04 Å².